The average Bonchev–Trinajstić information content (AvgIpc) is 1.94. The summed E-state index contributed by atoms with van der Waals surface area (Å²) < 4.78 is 0. The summed E-state index contributed by atoms with van der Waals surface area (Å²) in [6.07, 6.45) is -9.17. The molecule has 0 aliphatic rings. The second kappa shape index (κ2) is 442. The second-order valence-electron chi connectivity index (χ2n) is 1.41. The number of hydrogen-bond acceptors (Lipinski definition) is 5. The SMILES string of the molecule is O=C(O)O.O=C(O)O.O=C(O)O.O=C(O)O.O=C(O)O.[Ca+2].[Ca+2].[Ca+2].[Ca+2].[Ca+2].[Ca+2].[Ca+2].[Ca+2].[Ca+2].[Ca+2].[Ca+2].[Ca+2].[Ca+2].[Ca+2].[Ca+2].[Ca+2].[Ca+2].[Ca+2].[Ca+2].[Ca+2].[Ca+2].[Ca+2].[Ca+2].[Ca+2].[Ca+2].[Ca+2].[Ca+2].[Ca+2].[Ca+2].[Ca+2].[Ca+2].[Ca+2].[Ca+2].[Ca+2].[Ca+2].[Ca+2].[Ca+2].[Ca+2].[Ca+2].[Ca+2].[Ca+2].[Ca+2].[Ca+2].[Ca+2].[Ca+2].[Ca+2].[Ca+2].[Ca+2].[Ca+2].[Ca+2].[Ca+2].[Ca+2].[Ca+2].[Ca+2].[Ca+2].[Ca+2].[Ca+2].[Ca+2].[Ca+2]. The molecular weight excluding hydrogens is 2660 g/mol. The van der Waals surface area contributed by atoms with Gasteiger partial charge < -0.3 is 51.1 Å². The van der Waals surface area contributed by atoms with Gasteiger partial charge in [0, 0.05) is 0 Å². The van der Waals surface area contributed by atoms with E-state index in [1.54, 1.807) is 0 Å². The van der Waals surface area contributed by atoms with Crippen molar-refractivity contribution in [1.82, 2.24) is 0 Å². The molecule has 0 rings (SSSR count). The molecular formula is C5H10Ca59O15+118. The van der Waals surface area contributed by atoms with Crippen LogP contribution in [0.1, 0.15) is 0 Å². The van der Waals surface area contributed by atoms with Crippen LogP contribution in [-0.4, -0.2) is 2310 Å². The van der Waals surface area contributed by atoms with Crippen molar-refractivity contribution in [1.29, 1.82) is 0 Å². The molecule has 0 aromatic rings. The zero-order valence-electron chi connectivity index (χ0n) is 50.7. The monoisotopic (exact) mass is 2670 g/mol. The molecule has 0 radical (unpaired) electrons. The number of carbonyl (C=O) groups is 5. The minimum atomic E-state index is -1.83. The van der Waals surface area contributed by atoms with Gasteiger partial charge in [0.05, 0.1) is 0 Å². The fourth-order valence-corrected chi connectivity index (χ4v) is 0. The van der Waals surface area contributed by atoms with E-state index >= 15 is 0 Å². The third kappa shape index (κ3) is 640. The Morgan fingerprint density at radius 1 is 0.0886 bits per heavy atom. The van der Waals surface area contributed by atoms with Crippen LogP contribution in [0.15, 0.2) is 0 Å². The number of carboxylic acid groups (broad SMARTS) is 10. The van der Waals surface area contributed by atoms with Crippen LogP contribution >= 0.6 is 0 Å². The van der Waals surface area contributed by atoms with Crippen LogP contribution < -0.4 is 0 Å². The summed E-state index contributed by atoms with van der Waals surface area (Å²) in [5, 5.41) is 69.7. The van der Waals surface area contributed by atoms with Crippen LogP contribution in [0.25, 0.3) is 0 Å². The van der Waals surface area contributed by atoms with Gasteiger partial charge in [-0.15, -0.1) is 0 Å². The maximum absolute atomic E-state index is 8.56. The summed E-state index contributed by atoms with van der Waals surface area (Å²) in [6.45, 7) is 0. The molecule has 0 atom stereocenters. The van der Waals surface area contributed by atoms with E-state index in [9.17, 15) is 0 Å². The van der Waals surface area contributed by atoms with Gasteiger partial charge >= 0.3 is 2260 Å². The minimum Gasteiger partial charge on any atom is -0.450 e. The molecule has 0 spiro atoms. The Morgan fingerprint density at radius 2 is 0.0886 bits per heavy atom. The largest absolute Gasteiger partial charge is 2.00 e. The molecule has 74 heteroatoms. The molecule has 0 bridgehead atoms. The first-order valence-corrected chi connectivity index (χ1v) is 3.26. The Morgan fingerprint density at radius 3 is 0.0886 bits per heavy atom. The molecule has 79 heavy (non-hydrogen) atoms. The first kappa shape index (κ1) is 451. The summed E-state index contributed by atoms with van der Waals surface area (Å²) in [6, 6.07) is 0. The van der Waals surface area contributed by atoms with Crippen LogP contribution in [0.5, 0.6) is 0 Å². The maximum Gasteiger partial charge on any atom is 2.00 e. The maximum atomic E-state index is 8.56. The molecule has 15 nitrogen and oxygen atoms in total. The molecule has 0 amide bonds. The first-order chi connectivity index (χ1) is 8.66. The third-order valence-corrected chi connectivity index (χ3v) is 0. The van der Waals surface area contributed by atoms with Gasteiger partial charge in [-0.25, -0.2) is 24.0 Å². The fourth-order valence-electron chi connectivity index (χ4n) is 0. The molecule has 0 saturated heterocycles. The van der Waals surface area contributed by atoms with Gasteiger partial charge in [0.1, 0.15) is 0 Å². The Bertz CT molecular complexity index is 265. The van der Waals surface area contributed by atoms with E-state index < -0.39 is 30.8 Å². The predicted molar refractivity (Wildman–Crippen MR) is 393 cm³/mol. The van der Waals surface area contributed by atoms with Crippen LogP contribution in [0.3, 0.4) is 0 Å². The van der Waals surface area contributed by atoms with Gasteiger partial charge in [0.2, 0.25) is 0 Å². The van der Waals surface area contributed by atoms with E-state index in [0.717, 1.165) is 0 Å². The van der Waals surface area contributed by atoms with Crippen LogP contribution in [0, 0.1) is 0 Å². The predicted octanol–water partition coefficient (Wildman–Crippen LogP) is -21.4. The van der Waals surface area contributed by atoms with Crippen molar-refractivity contribution in [2.24, 2.45) is 0 Å². The quantitative estimate of drug-likeness (QED) is 0.101. The Labute approximate surface area is 2240 Å². The standard InChI is InChI=1S/5CH2O3.59Ca/c5*2-1(3)4;;;;;;;;;;;;;;;;;;;;;;;;;;;;;;;;;;;;;;;;;;;;;;;;;;;;;;;;;;;/h5*(H2,2,3,4);;;;;;;;;;;;;;;;;;;;;;;;;;;;;;;;;;;;;;;;;;;;;;;;;;;;;;;;;;;/q;;;;;59*+2. The number of rotatable bonds is 0. The average molecular weight is 2670 g/mol. The molecule has 0 aliphatic heterocycles. The van der Waals surface area contributed by atoms with Gasteiger partial charge in [-0.3, -0.25) is 0 Å². The molecule has 0 aromatic carbocycles. The Hall–Kier alpha value is 70.7. The fraction of sp³-hybridized carbons (Fsp3) is 0. The third-order valence-electron chi connectivity index (χ3n) is 0. The molecule has 0 aliphatic carbocycles. The molecule has 120 valence electrons. The van der Waals surface area contributed by atoms with E-state index in [0.29, 0.717) is 0 Å². The Balaban J connectivity index is -0.000000000484. The van der Waals surface area contributed by atoms with Crippen LogP contribution in [0.2, 0.25) is 0 Å². The van der Waals surface area contributed by atoms with Crippen molar-refractivity contribution in [2.75, 3.05) is 0 Å². The normalized spacial score (nSPS) is 1.52. The van der Waals surface area contributed by atoms with E-state index in [4.69, 9.17) is 75.0 Å². The van der Waals surface area contributed by atoms with Crippen molar-refractivity contribution in [2.45, 2.75) is 0 Å². The smallest absolute Gasteiger partial charge is 0.450 e. The van der Waals surface area contributed by atoms with Crippen LogP contribution in [-0.2, 0) is 0 Å². The molecule has 0 aromatic heterocycles. The van der Waals surface area contributed by atoms with E-state index in [1.165, 1.54) is 0 Å². The van der Waals surface area contributed by atoms with Gasteiger partial charge in [-0.1, -0.05) is 0 Å². The topological polar surface area (TPSA) is 288 Å². The van der Waals surface area contributed by atoms with Crippen molar-refractivity contribution >= 4 is 2260 Å². The molecule has 0 saturated carbocycles. The molecule has 0 unspecified atom stereocenters. The van der Waals surface area contributed by atoms with Gasteiger partial charge in [-0.05, 0) is 0 Å². The molecule has 10 N–H and O–H groups in total. The molecule has 0 fully saturated rings. The molecule has 0 heterocycles. The summed E-state index contributed by atoms with van der Waals surface area (Å²) in [5.41, 5.74) is 0. The number of hydrogen-bond donors (Lipinski definition) is 10. The summed E-state index contributed by atoms with van der Waals surface area (Å²) >= 11 is 0. The van der Waals surface area contributed by atoms with Gasteiger partial charge in [-0.2, -0.15) is 0 Å². The van der Waals surface area contributed by atoms with E-state index in [1.807, 2.05) is 0 Å². The van der Waals surface area contributed by atoms with E-state index in [2.05, 4.69) is 0 Å². The zero-order valence-corrected chi connectivity index (χ0v) is 181. The summed E-state index contributed by atoms with van der Waals surface area (Å²) in [7, 11) is 0. The van der Waals surface area contributed by atoms with Crippen molar-refractivity contribution in [3.8, 4) is 0 Å². The minimum absolute atomic E-state index is 0. The summed E-state index contributed by atoms with van der Waals surface area (Å²) in [4.78, 5) is 42.8. The first-order valence-electron chi connectivity index (χ1n) is 3.26. The van der Waals surface area contributed by atoms with Gasteiger partial charge in [0.15, 0.2) is 0 Å². The van der Waals surface area contributed by atoms with Crippen molar-refractivity contribution in [3.05, 3.63) is 0 Å². The van der Waals surface area contributed by atoms with Gasteiger partial charge in [0.25, 0.3) is 0 Å². The van der Waals surface area contributed by atoms with E-state index in [-0.39, 0.29) is 2230 Å². The Kier molecular flexibility index (Phi) is 2520. The van der Waals surface area contributed by atoms with Crippen molar-refractivity contribution < 1.29 is 75.0 Å². The van der Waals surface area contributed by atoms with Crippen molar-refractivity contribution in [3.63, 3.8) is 0 Å². The zero-order chi connectivity index (χ0) is 17.9. The second-order valence-corrected chi connectivity index (χ2v) is 1.41. The summed E-state index contributed by atoms with van der Waals surface area (Å²) in [5.74, 6) is 0. The van der Waals surface area contributed by atoms with Crippen LogP contribution in [0.4, 0.5) is 24.0 Å².